The smallest absolute Gasteiger partial charge is 0.329 e. The highest BCUT2D eigenvalue weighted by atomic mass is 19.4. The quantitative estimate of drug-likeness (QED) is 0.925. The number of hydrogen-bond acceptors (Lipinski definition) is 3. The molecule has 2 N–H and O–H groups in total. The van der Waals surface area contributed by atoms with Crippen LogP contribution < -0.4 is 10.7 Å². The summed E-state index contributed by atoms with van der Waals surface area (Å²) in [5, 5.41) is 3.00. The first-order valence-corrected chi connectivity index (χ1v) is 6.31. The monoisotopic (exact) mass is 287 g/mol. The number of rotatable bonds is 3. The zero-order valence-electron chi connectivity index (χ0n) is 11.0. The normalized spacial score (nSPS) is 20.8. The summed E-state index contributed by atoms with van der Waals surface area (Å²) in [5.74, 6) is -0.217. The van der Waals surface area contributed by atoms with Crippen molar-refractivity contribution >= 4 is 11.6 Å². The van der Waals surface area contributed by atoms with E-state index in [0.717, 1.165) is 12.1 Å². The standard InChI is InChI=1S/C13H16F3N3O/c1-9-7-12(20)19(18(9)6-5-17)11-4-2-3-10(8-11)13(14,15)16/h2-4,8-9H,5-7,17H2,1H3. The summed E-state index contributed by atoms with van der Waals surface area (Å²) in [4.78, 5) is 12.0. The van der Waals surface area contributed by atoms with Crippen molar-refractivity contribution in [1.29, 1.82) is 0 Å². The summed E-state index contributed by atoms with van der Waals surface area (Å²) in [6.07, 6.45) is -4.15. The van der Waals surface area contributed by atoms with Crippen molar-refractivity contribution < 1.29 is 18.0 Å². The van der Waals surface area contributed by atoms with Gasteiger partial charge < -0.3 is 5.73 Å². The third-order valence-electron chi connectivity index (χ3n) is 3.25. The Hall–Kier alpha value is -1.60. The molecule has 0 saturated carbocycles. The second-order valence-electron chi connectivity index (χ2n) is 4.76. The lowest BCUT2D eigenvalue weighted by molar-refractivity contribution is -0.137. The number of carbonyl (C=O) groups excluding carboxylic acids is 1. The van der Waals surface area contributed by atoms with Crippen LogP contribution in [0.3, 0.4) is 0 Å². The molecule has 110 valence electrons. The van der Waals surface area contributed by atoms with E-state index < -0.39 is 11.7 Å². The molecule has 0 spiro atoms. The van der Waals surface area contributed by atoms with Crippen molar-refractivity contribution in [2.45, 2.75) is 25.6 Å². The SMILES string of the molecule is CC1CC(=O)N(c2cccc(C(F)(F)F)c2)N1CCN. The number of hydrogen-bond donors (Lipinski definition) is 1. The van der Waals surface area contributed by atoms with E-state index in [0.29, 0.717) is 13.1 Å². The molecule has 1 saturated heterocycles. The van der Waals surface area contributed by atoms with Crippen molar-refractivity contribution in [1.82, 2.24) is 5.01 Å². The molecule has 1 aliphatic heterocycles. The van der Waals surface area contributed by atoms with Gasteiger partial charge in [-0.25, -0.2) is 10.0 Å². The van der Waals surface area contributed by atoms with Gasteiger partial charge in [0.25, 0.3) is 0 Å². The number of alkyl halides is 3. The highest BCUT2D eigenvalue weighted by Crippen LogP contribution is 2.33. The van der Waals surface area contributed by atoms with E-state index in [1.165, 1.54) is 17.1 Å². The summed E-state index contributed by atoms with van der Waals surface area (Å²) < 4.78 is 38.2. The number of halogens is 3. The maximum atomic E-state index is 12.7. The highest BCUT2D eigenvalue weighted by molar-refractivity contribution is 5.95. The molecule has 0 radical (unpaired) electrons. The second kappa shape index (κ2) is 5.41. The van der Waals surface area contributed by atoms with Crippen LogP contribution in [0, 0.1) is 0 Å². The topological polar surface area (TPSA) is 49.6 Å². The molecule has 7 heteroatoms. The van der Waals surface area contributed by atoms with E-state index >= 15 is 0 Å². The van der Waals surface area contributed by atoms with Gasteiger partial charge in [0.05, 0.1) is 11.3 Å². The number of anilines is 1. The van der Waals surface area contributed by atoms with Gasteiger partial charge in [-0.15, -0.1) is 0 Å². The first-order chi connectivity index (χ1) is 9.34. The number of hydrazine groups is 1. The average Bonchev–Trinajstić information content (AvgIpc) is 2.64. The Bertz CT molecular complexity index is 504. The molecule has 1 fully saturated rings. The van der Waals surface area contributed by atoms with Crippen LogP contribution in [0.15, 0.2) is 24.3 Å². The molecular formula is C13H16F3N3O. The van der Waals surface area contributed by atoms with Crippen molar-refractivity contribution in [3.8, 4) is 0 Å². The van der Waals surface area contributed by atoms with E-state index in [1.54, 1.807) is 5.01 Å². The fourth-order valence-corrected chi connectivity index (χ4v) is 2.34. The van der Waals surface area contributed by atoms with Crippen molar-refractivity contribution in [3.63, 3.8) is 0 Å². The fourth-order valence-electron chi connectivity index (χ4n) is 2.34. The van der Waals surface area contributed by atoms with Gasteiger partial charge in [-0.05, 0) is 25.1 Å². The number of carbonyl (C=O) groups is 1. The Balaban J connectivity index is 2.36. The van der Waals surface area contributed by atoms with Gasteiger partial charge in [0.15, 0.2) is 0 Å². The van der Waals surface area contributed by atoms with Gasteiger partial charge >= 0.3 is 6.18 Å². The molecule has 2 rings (SSSR count). The minimum absolute atomic E-state index is 0.0689. The Morgan fingerprint density at radius 2 is 2.10 bits per heavy atom. The molecular weight excluding hydrogens is 271 g/mol. The third kappa shape index (κ3) is 2.78. The molecule has 1 unspecified atom stereocenters. The predicted molar refractivity (Wildman–Crippen MR) is 68.8 cm³/mol. The van der Waals surface area contributed by atoms with Gasteiger partial charge in [0.1, 0.15) is 0 Å². The number of nitrogens with zero attached hydrogens (tertiary/aromatic N) is 2. The summed E-state index contributed by atoms with van der Waals surface area (Å²) in [6.45, 7) is 2.59. The average molecular weight is 287 g/mol. The molecule has 1 aliphatic rings. The molecule has 1 atom stereocenters. The van der Waals surface area contributed by atoms with Crippen LogP contribution in [0.2, 0.25) is 0 Å². The number of amides is 1. The molecule has 0 aromatic heterocycles. The maximum absolute atomic E-state index is 12.7. The first kappa shape index (κ1) is 14.8. The van der Waals surface area contributed by atoms with E-state index in [9.17, 15) is 18.0 Å². The Labute approximate surface area is 114 Å². The van der Waals surface area contributed by atoms with Crippen molar-refractivity contribution in [3.05, 3.63) is 29.8 Å². The summed E-state index contributed by atoms with van der Waals surface area (Å²) in [6, 6.07) is 4.70. The van der Waals surface area contributed by atoms with Gasteiger partial charge in [0, 0.05) is 25.6 Å². The lowest BCUT2D eigenvalue weighted by atomic mass is 10.2. The fraction of sp³-hybridized carbons (Fsp3) is 0.462. The zero-order chi connectivity index (χ0) is 14.9. The van der Waals surface area contributed by atoms with Gasteiger partial charge in [-0.2, -0.15) is 13.2 Å². The van der Waals surface area contributed by atoms with E-state index in [4.69, 9.17) is 5.73 Å². The van der Waals surface area contributed by atoms with Crippen LogP contribution in [0.1, 0.15) is 18.9 Å². The Kier molecular flexibility index (Phi) is 4.01. The molecule has 1 aromatic rings. The molecule has 4 nitrogen and oxygen atoms in total. The zero-order valence-corrected chi connectivity index (χ0v) is 11.0. The lowest BCUT2D eigenvalue weighted by Gasteiger charge is -2.30. The van der Waals surface area contributed by atoms with Crippen LogP contribution in [-0.2, 0) is 11.0 Å². The number of nitrogens with two attached hydrogens (primary N) is 1. The van der Waals surface area contributed by atoms with Crippen molar-refractivity contribution in [2.75, 3.05) is 18.1 Å². The summed E-state index contributed by atoms with van der Waals surface area (Å²) in [7, 11) is 0. The molecule has 0 aliphatic carbocycles. The van der Waals surface area contributed by atoms with Crippen LogP contribution in [0.25, 0.3) is 0 Å². The number of benzene rings is 1. The minimum atomic E-state index is -4.43. The molecule has 0 bridgehead atoms. The minimum Gasteiger partial charge on any atom is -0.329 e. The van der Waals surface area contributed by atoms with Crippen LogP contribution in [0.5, 0.6) is 0 Å². The van der Waals surface area contributed by atoms with E-state index in [1.807, 2.05) is 6.92 Å². The lowest BCUT2D eigenvalue weighted by Crippen LogP contribution is -2.44. The van der Waals surface area contributed by atoms with Crippen molar-refractivity contribution in [2.24, 2.45) is 5.73 Å². The van der Waals surface area contributed by atoms with Crippen LogP contribution >= 0.6 is 0 Å². The largest absolute Gasteiger partial charge is 0.416 e. The summed E-state index contributed by atoms with van der Waals surface area (Å²) >= 11 is 0. The third-order valence-corrected chi connectivity index (χ3v) is 3.25. The highest BCUT2D eigenvalue weighted by Gasteiger charge is 2.37. The predicted octanol–water partition coefficient (Wildman–Crippen LogP) is 2.01. The van der Waals surface area contributed by atoms with E-state index in [2.05, 4.69) is 0 Å². The van der Waals surface area contributed by atoms with Gasteiger partial charge in [0.2, 0.25) is 5.91 Å². The summed E-state index contributed by atoms with van der Waals surface area (Å²) in [5.41, 5.74) is 4.95. The Morgan fingerprint density at radius 3 is 2.70 bits per heavy atom. The molecule has 1 amide bonds. The molecule has 1 aromatic carbocycles. The van der Waals surface area contributed by atoms with Gasteiger partial charge in [-0.3, -0.25) is 4.79 Å². The van der Waals surface area contributed by atoms with Gasteiger partial charge in [-0.1, -0.05) is 6.07 Å². The van der Waals surface area contributed by atoms with Crippen LogP contribution in [-0.4, -0.2) is 30.0 Å². The maximum Gasteiger partial charge on any atom is 0.416 e. The molecule has 20 heavy (non-hydrogen) atoms. The molecule has 1 heterocycles. The second-order valence-corrected chi connectivity index (χ2v) is 4.76. The first-order valence-electron chi connectivity index (χ1n) is 6.31. The van der Waals surface area contributed by atoms with E-state index in [-0.39, 0.29) is 24.1 Å². The van der Waals surface area contributed by atoms with Crippen LogP contribution in [0.4, 0.5) is 18.9 Å². The Morgan fingerprint density at radius 1 is 1.40 bits per heavy atom.